The van der Waals surface area contributed by atoms with Crippen molar-refractivity contribution in [1.82, 2.24) is 51.5 Å². The fourth-order valence-corrected chi connectivity index (χ4v) is 12.9. The monoisotopic (exact) mass is 1120 g/mol. The summed E-state index contributed by atoms with van der Waals surface area (Å²) in [4.78, 5) is 14.7. The van der Waals surface area contributed by atoms with Crippen LogP contribution in [-0.2, 0) is 19.0 Å². The van der Waals surface area contributed by atoms with Crippen LogP contribution in [0.1, 0.15) is 144 Å². The van der Waals surface area contributed by atoms with Crippen molar-refractivity contribution in [2.45, 2.75) is 200 Å². The SMILES string of the molecule is CC[C@H](C)[C@H]1CN[C@@H](C)C(C)NCC2[C@H](C)CN2[C@@H](C(C)C)C(C)NC2(CCCC2)CNCCN=CC=C(CCc2ccc(C(F)(F)F)c(Cl)c2)NC=C(C)N(C)C=C(Cc2ccccc2)N(C)C=C2CCCN2[C@@H](C)C(C)N1. The van der Waals surface area contributed by atoms with E-state index in [9.17, 15) is 13.2 Å². The molecule has 11 nitrogen and oxygen atoms in total. The lowest BCUT2D eigenvalue weighted by molar-refractivity contribution is -0.137. The van der Waals surface area contributed by atoms with Gasteiger partial charge in [0.25, 0.3) is 0 Å². The van der Waals surface area contributed by atoms with E-state index in [0.717, 1.165) is 107 Å². The Hall–Kier alpha value is -3.89. The average molecular weight is 1120 g/mol. The van der Waals surface area contributed by atoms with Gasteiger partial charge in [-0.15, -0.1) is 0 Å². The van der Waals surface area contributed by atoms with Crippen LogP contribution >= 0.6 is 11.6 Å². The van der Waals surface area contributed by atoms with E-state index < -0.39 is 11.7 Å². The molecule has 2 saturated heterocycles. The summed E-state index contributed by atoms with van der Waals surface area (Å²) < 4.78 is 40.9. The van der Waals surface area contributed by atoms with Gasteiger partial charge in [-0.05, 0) is 127 Å². The third-order valence-electron chi connectivity index (χ3n) is 18.2. The molecule has 1 saturated carbocycles. The molecule has 6 rings (SSSR count). The lowest BCUT2D eigenvalue weighted by atomic mass is 9.82. The Kier molecular flexibility index (Phi) is 24.8. The fraction of sp³-hybridized carbons (Fsp3) is 0.672. The molecule has 0 bridgehead atoms. The number of nitrogens with one attached hydrogen (secondary N) is 6. The summed E-state index contributed by atoms with van der Waals surface area (Å²) in [5.74, 6) is 1.66. The molecule has 2 aromatic rings. The van der Waals surface area contributed by atoms with Crippen LogP contribution in [0.15, 0.2) is 101 Å². The molecule has 4 unspecified atom stereocenters. The van der Waals surface area contributed by atoms with Gasteiger partial charge < -0.3 is 46.6 Å². The number of aliphatic imine (C=N–C) groups is 1. The van der Waals surface area contributed by atoms with Gasteiger partial charge in [-0.2, -0.15) is 13.2 Å². The van der Waals surface area contributed by atoms with E-state index in [4.69, 9.17) is 16.6 Å². The van der Waals surface area contributed by atoms with E-state index in [-0.39, 0.29) is 16.6 Å². The zero-order valence-electron chi connectivity index (χ0n) is 50.6. The number of fused-ring (bicyclic) bond motifs is 2. The Morgan fingerprint density at radius 3 is 2.20 bits per heavy atom. The Labute approximate surface area is 481 Å². The van der Waals surface area contributed by atoms with Crippen LogP contribution in [0.25, 0.3) is 0 Å². The molecule has 4 aliphatic rings. The third-order valence-corrected chi connectivity index (χ3v) is 18.5. The summed E-state index contributed by atoms with van der Waals surface area (Å²) >= 11 is 6.18. The fourth-order valence-electron chi connectivity index (χ4n) is 12.5. The smallest absolute Gasteiger partial charge is 0.369 e. The van der Waals surface area contributed by atoms with Crippen molar-refractivity contribution in [3.05, 3.63) is 118 Å². The summed E-state index contributed by atoms with van der Waals surface area (Å²) in [5.41, 5.74) is 5.56. The van der Waals surface area contributed by atoms with E-state index in [0.29, 0.717) is 79.4 Å². The first-order valence-electron chi connectivity index (χ1n) is 30.2. The number of nitrogens with zero attached hydrogens (tertiary/aromatic N) is 5. The number of hydrogen-bond acceptors (Lipinski definition) is 11. The molecule has 0 aromatic heterocycles. The number of alkyl halides is 3. The standard InChI is InChI=1S/C64H103ClF3N11/c1-14-45(4)60-38-71-48(7)49(8)72-39-61-46(5)40-79(61)62(44(2)3)51(10)75-63(29-18-19-30-63)43-70-33-32-69-31-28-55(26-24-54-25-27-58(59(65)36-54)64(66,67)68)73-37-47(6)76(12)42-57(35-53-21-16-15-17-22-53)77(13)41-56-23-20-34-78(56)52(11)50(9)74-60/h15-17,21-22,25,27-28,31,36-37,41-42,44-46,48-52,60-62,70-75H,14,18-20,23-24,26,29-30,32-35,38-40,43H2,1-13H3/t45-,46+,48-,49?,50?,51?,52-,60+,61?,62-/m0/s1. The topological polar surface area (TPSA) is 97.5 Å². The highest BCUT2D eigenvalue weighted by Crippen LogP contribution is 2.37. The highest BCUT2D eigenvalue weighted by Gasteiger charge is 2.45. The second-order valence-electron chi connectivity index (χ2n) is 24.6. The molecule has 1 aliphatic carbocycles. The second kappa shape index (κ2) is 30.4. The normalized spacial score (nSPS) is 28.9. The average Bonchev–Trinajstić information content (AvgIpc) is 4.11. The van der Waals surface area contributed by atoms with Gasteiger partial charge in [0.2, 0.25) is 0 Å². The van der Waals surface area contributed by atoms with Crippen LogP contribution < -0.4 is 31.9 Å². The molecule has 3 fully saturated rings. The molecule has 10 atom stereocenters. The van der Waals surface area contributed by atoms with Crippen molar-refractivity contribution in [3.63, 3.8) is 0 Å². The molecule has 3 aliphatic heterocycles. The van der Waals surface area contributed by atoms with Crippen molar-refractivity contribution in [2.75, 3.05) is 59.9 Å². The van der Waals surface area contributed by atoms with Crippen LogP contribution in [0.2, 0.25) is 5.02 Å². The van der Waals surface area contributed by atoms with Crippen LogP contribution in [0.3, 0.4) is 0 Å². The maximum Gasteiger partial charge on any atom is 0.417 e. The predicted molar refractivity (Wildman–Crippen MR) is 326 cm³/mol. The van der Waals surface area contributed by atoms with Gasteiger partial charge in [-0.25, -0.2) is 0 Å². The Bertz CT molecular complexity index is 2330. The highest BCUT2D eigenvalue weighted by atomic mass is 35.5. The minimum absolute atomic E-state index is 0.0428. The summed E-state index contributed by atoms with van der Waals surface area (Å²) in [6, 6.07) is 17.4. The first kappa shape index (κ1) is 64.3. The van der Waals surface area contributed by atoms with Crippen molar-refractivity contribution in [2.24, 2.45) is 22.7 Å². The number of halogens is 4. The van der Waals surface area contributed by atoms with Gasteiger partial charge in [0.05, 0.1) is 17.1 Å². The molecular formula is C64H103ClF3N11. The molecular weight excluding hydrogens is 1020 g/mol. The van der Waals surface area contributed by atoms with Gasteiger partial charge in [0.1, 0.15) is 0 Å². The molecule has 3 heterocycles. The first-order chi connectivity index (χ1) is 37.6. The number of benzene rings is 2. The minimum atomic E-state index is -4.51. The van der Waals surface area contributed by atoms with E-state index in [1.165, 1.54) is 36.2 Å². The van der Waals surface area contributed by atoms with Crippen LogP contribution in [0.4, 0.5) is 13.2 Å². The van der Waals surface area contributed by atoms with E-state index >= 15 is 0 Å². The molecule has 15 heteroatoms. The minimum Gasteiger partial charge on any atom is -0.369 e. The molecule has 79 heavy (non-hydrogen) atoms. The number of allylic oxidation sites excluding steroid dienone is 5. The molecule has 6 N–H and O–H groups in total. The number of rotatable bonds is 8. The maximum atomic E-state index is 13.6. The summed E-state index contributed by atoms with van der Waals surface area (Å²) in [6.45, 7) is 32.2. The third kappa shape index (κ3) is 18.6. The van der Waals surface area contributed by atoms with Crippen LogP contribution in [-0.4, -0.2) is 140 Å². The van der Waals surface area contributed by atoms with Gasteiger partial charge in [-0.3, -0.25) is 9.89 Å². The van der Waals surface area contributed by atoms with Crippen molar-refractivity contribution < 1.29 is 13.2 Å². The number of likely N-dealkylation sites (N-methyl/N-ethyl adjacent to an activating group) is 1. The van der Waals surface area contributed by atoms with Gasteiger partial charge in [-0.1, -0.05) is 102 Å². The van der Waals surface area contributed by atoms with E-state index in [2.05, 4.69) is 184 Å². The molecule has 0 amide bonds. The molecule has 2 aromatic carbocycles. The molecule has 1 spiro atoms. The van der Waals surface area contributed by atoms with Crippen LogP contribution in [0.5, 0.6) is 0 Å². The summed E-state index contributed by atoms with van der Waals surface area (Å²) in [7, 11) is 4.25. The zero-order valence-corrected chi connectivity index (χ0v) is 51.4. The molecule has 0 radical (unpaired) electrons. The highest BCUT2D eigenvalue weighted by molar-refractivity contribution is 6.31. The number of hydrogen-bond donors (Lipinski definition) is 6. The first-order valence-corrected chi connectivity index (χ1v) is 30.6. The lowest BCUT2D eigenvalue weighted by Gasteiger charge is -2.55. The second-order valence-corrected chi connectivity index (χ2v) is 25.0. The predicted octanol–water partition coefficient (Wildman–Crippen LogP) is 11.6. The van der Waals surface area contributed by atoms with Crippen LogP contribution in [0, 0.1) is 17.8 Å². The van der Waals surface area contributed by atoms with E-state index in [1.54, 1.807) is 0 Å². The van der Waals surface area contributed by atoms with E-state index in [1.807, 2.05) is 18.5 Å². The Morgan fingerprint density at radius 1 is 0.835 bits per heavy atom. The van der Waals surface area contributed by atoms with Crippen molar-refractivity contribution >= 4 is 17.8 Å². The summed E-state index contributed by atoms with van der Waals surface area (Å²) in [5, 5.41) is 23.5. The van der Waals surface area contributed by atoms with Gasteiger partial charge >= 0.3 is 6.18 Å². The van der Waals surface area contributed by atoms with Gasteiger partial charge in [0, 0.05) is 161 Å². The quantitative estimate of drug-likeness (QED) is 0.153. The van der Waals surface area contributed by atoms with Gasteiger partial charge in [0.15, 0.2) is 0 Å². The van der Waals surface area contributed by atoms with Crippen molar-refractivity contribution in [1.29, 1.82) is 0 Å². The number of aryl methyl sites for hydroxylation is 1. The Morgan fingerprint density at radius 2 is 1.54 bits per heavy atom. The summed E-state index contributed by atoms with van der Waals surface area (Å²) in [6.07, 6.45) is 15.7. The zero-order chi connectivity index (χ0) is 57.4. The maximum absolute atomic E-state index is 13.6. The molecule has 442 valence electrons. The lowest BCUT2D eigenvalue weighted by Crippen LogP contribution is -2.69. The Balaban J connectivity index is 1.28. The largest absolute Gasteiger partial charge is 0.417 e. The van der Waals surface area contributed by atoms with Crippen molar-refractivity contribution in [3.8, 4) is 0 Å².